The molecule has 166 valence electrons. The van der Waals surface area contributed by atoms with E-state index in [1.807, 2.05) is 6.92 Å². The fourth-order valence-electron chi connectivity index (χ4n) is 3.50. The molecule has 0 aromatic carbocycles. The Morgan fingerprint density at radius 2 is 1.83 bits per heavy atom. The third kappa shape index (κ3) is 7.00. The van der Waals surface area contributed by atoms with Crippen LogP contribution in [0.25, 0.3) is 0 Å². The minimum Gasteiger partial charge on any atom is -0.460 e. The van der Waals surface area contributed by atoms with Crippen LogP contribution in [0.2, 0.25) is 0 Å². The van der Waals surface area contributed by atoms with Gasteiger partial charge in [0, 0.05) is 18.8 Å². The van der Waals surface area contributed by atoms with Crippen LogP contribution in [0.1, 0.15) is 66.7 Å². The lowest BCUT2D eigenvalue weighted by molar-refractivity contribution is -0.170. The van der Waals surface area contributed by atoms with Gasteiger partial charge in [-0.2, -0.15) is 13.2 Å². The Hall–Kier alpha value is -1.60. The highest BCUT2D eigenvalue weighted by atomic mass is 19.4. The summed E-state index contributed by atoms with van der Waals surface area (Å²) in [6.45, 7) is 9.57. The second kappa shape index (κ2) is 9.04. The van der Waals surface area contributed by atoms with E-state index < -0.39 is 42.0 Å². The van der Waals surface area contributed by atoms with Crippen molar-refractivity contribution in [2.75, 3.05) is 13.1 Å². The molecule has 0 aromatic rings. The monoisotopic (exact) mass is 418 g/mol. The lowest BCUT2D eigenvalue weighted by Crippen LogP contribution is -2.58. The number of amides is 1. The standard InChI is InChI=1S/C21H33F3N2O3/c1-6-14-9-16(25-11-15-7-8-15)18(13(2)29-19(28)20(3,4)5)26(12-14)17(27)10-21(22,23)24/h13-15,18H,6-12H2,1-5H3. The molecule has 1 saturated heterocycles. The fourth-order valence-corrected chi connectivity index (χ4v) is 3.50. The first-order chi connectivity index (χ1) is 13.3. The van der Waals surface area contributed by atoms with Crippen LogP contribution < -0.4 is 0 Å². The van der Waals surface area contributed by atoms with E-state index in [1.165, 1.54) is 4.90 Å². The molecule has 3 atom stereocenters. The second-order valence-electron chi connectivity index (χ2n) is 9.40. The number of hydrogen-bond donors (Lipinski definition) is 0. The van der Waals surface area contributed by atoms with Crippen molar-refractivity contribution in [3.63, 3.8) is 0 Å². The van der Waals surface area contributed by atoms with Gasteiger partial charge in [0.2, 0.25) is 5.91 Å². The van der Waals surface area contributed by atoms with Gasteiger partial charge in [-0.15, -0.1) is 0 Å². The molecule has 1 heterocycles. The van der Waals surface area contributed by atoms with Crippen LogP contribution in [-0.2, 0) is 14.3 Å². The molecule has 1 aliphatic carbocycles. The molecule has 0 aromatic heterocycles. The Morgan fingerprint density at radius 1 is 1.21 bits per heavy atom. The number of esters is 1. The van der Waals surface area contributed by atoms with Gasteiger partial charge in [-0.05, 0) is 58.8 Å². The van der Waals surface area contributed by atoms with Crippen LogP contribution in [0.5, 0.6) is 0 Å². The maximum atomic E-state index is 12.9. The normalized spacial score (nSPS) is 25.8. The van der Waals surface area contributed by atoms with E-state index in [9.17, 15) is 22.8 Å². The summed E-state index contributed by atoms with van der Waals surface area (Å²) in [6, 6.07) is -0.752. The maximum absolute atomic E-state index is 12.9. The van der Waals surface area contributed by atoms with E-state index in [2.05, 4.69) is 0 Å². The predicted octanol–water partition coefficient (Wildman–Crippen LogP) is 4.39. The molecular weight excluding hydrogens is 385 g/mol. The summed E-state index contributed by atoms with van der Waals surface area (Å²) in [7, 11) is 0. The molecular formula is C21H33F3N2O3. The zero-order valence-corrected chi connectivity index (χ0v) is 18.0. The number of carbonyl (C=O) groups is 2. The number of nitrogens with zero attached hydrogens (tertiary/aromatic N) is 2. The largest absolute Gasteiger partial charge is 0.460 e. The predicted molar refractivity (Wildman–Crippen MR) is 105 cm³/mol. The third-order valence-corrected chi connectivity index (χ3v) is 5.48. The van der Waals surface area contributed by atoms with E-state index >= 15 is 0 Å². The summed E-state index contributed by atoms with van der Waals surface area (Å²) in [5.74, 6) is -0.880. The zero-order chi connectivity index (χ0) is 22.0. The zero-order valence-electron chi connectivity index (χ0n) is 18.0. The number of hydrogen-bond acceptors (Lipinski definition) is 4. The second-order valence-corrected chi connectivity index (χ2v) is 9.40. The first kappa shape index (κ1) is 23.7. The molecule has 3 unspecified atom stereocenters. The van der Waals surface area contributed by atoms with Crippen molar-refractivity contribution in [3.8, 4) is 0 Å². The summed E-state index contributed by atoms with van der Waals surface area (Å²) >= 11 is 0. The number of rotatable bonds is 6. The first-order valence-corrected chi connectivity index (χ1v) is 10.4. The molecule has 2 aliphatic rings. The highest BCUT2D eigenvalue weighted by Crippen LogP contribution is 2.32. The number of aliphatic imine (C=N–C) groups is 1. The summed E-state index contributed by atoms with van der Waals surface area (Å²) < 4.78 is 44.4. The highest BCUT2D eigenvalue weighted by Gasteiger charge is 2.44. The van der Waals surface area contributed by atoms with E-state index in [0.29, 0.717) is 24.6 Å². The van der Waals surface area contributed by atoms with Gasteiger partial charge in [0.15, 0.2) is 0 Å². The van der Waals surface area contributed by atoms with Crippen molar-refractivity contribution < 1.29 is 27.5 Å². The Labute approximate surface area is 171 Å². The van der Waals surface area contributed by atoms with E-state index in [-0.39, 0.29) is 12.5 Å². The third-order valence-electron chi connectivity index (χ3n) is 5.48. The number of piperidine rings is 1. The van der Waals surface area contributed by atoms with Crippen LogP contribution in [0.15, 0.2) is 4.99 Å². The highest BCUT2D eigenvalue weighted by molar-refractivity contribution is 5.95. The SMILES string of the molecule is CCC1CC(=NCC2CC2)C(C(C)OC(=O)C(C)(C)C)N(C(=O)CC(F)(F)F)C1. The molecule has 0 N–H and O–H groups in total. The fraction of sp³-hybridized carbons (Fsp3) is 0.857. The molecule has 1 aliphatic heterocycles. The topological polar surface area (TPSA) is 59.0 Å². The van der Waals surface area contributed by atoms with Crippen molar-refractivity contribution in [1.82, 2.24) is 4.90 Å². The van der Waals surface area contributed by atoms with Gasteiger partial charge >= 0.3 is 12.1 Å². The number of likely N-dealkylation sites (tertiary alicyclic amines) is 1. The average Bonchev–Trinajstić information content (AvgIpc) is 3.40. The molecule has 1 saturated carbocycles. The molecule has 0 bridgehead atoms. The molecule has 2 fully saturated rings. The van der Waals surface area contributed by atoms with Crippen LogP contribution in [0.3, 0.4) is 0 Å². The van der Waals surface area contributed by atoms with Gasteiger partial charge in [-0.25, -0.2) is 0 Å². The molecule has 0 spiro atoms. The van der Waals surface area contributed by atoms with Crippen LogP contribution in [0, 0.1) is 17.3 Å². The number of ether oxygens (including phenoxy) is 1. The number of halogens is 3. The maximum Gasteiger partial charge on any atom is 0.397 e. The molecule has 2 rings (SSSR count). The lowest BCUT2D eigenvalue weighted by atomic mass is 9.86. The van der Waals surface area contributed by atoms with Crippen molar-refractivity contribution in [2.45, 2.75) is 85.0 Å². The number of alkyl halides is 3. The summed E-state index contributed by atoms with van der Waals surface area (Å²) in [4.78, 5) is 30.9. The van der Waals surface area contributed by atoms with Gasteiger partial charge in [-0.3, -0.25) is 14.6 Å². The lowest BCUT2D eigenvalue weighted by Gasteiger charge is -2.43. The molecule has 29 heavy (non-hydrogen) atoms. The number of carbonyl (C=O) groups excluding carboxylic acids is 2. The minimum absolute atomic E-state index is 0.0481. The average molecular weight is 419 g/mol. The Morgan fingerprint density at radius 3 is 2.31 bits per heavy atom. The summed E-state index contributed by atoms with van der Waals surface area (Å²) in [5, 5.41) is 0. The van der Waals surface area contributed by atoms with Crippen molar-refractivity contribution >= 4 is 17.6 Å². The van der Waals surface area contributed by atoms with Crippen molar-refractivity contribution in [3.05, 3.63) is 0 Å². The van der Waals surface area contributed by atoms with Gasteiger partial charge in [0.25, 0.3) is 0 Å². The van der Waals surface area contributed by atoms with Crippen molar-refractivity contribution in [1.29, 1.82) is 0 Å². The van der Waals surface area contributed by atoms with Gasteiger partial charge in [0.05, 0.1) is 5.41 Å². The van der Waals surface area contributed by atoms with E-state index in [1.54, 1.807) is 27.7 Å². The molecule has 1 amide bonds. The first-order valence-electron chi connectivity index (χ1n) is 10.4. The van der Waals surface area contributed by atoms with E-state index in [4.69, 9.17) is 9.73 Å². The Bertz CT molecular complexity index is 636. The molecule has 8 heteroatoms. The molecule has 0 radical (unpaired) electrons. The summed E-state index contributed by atoms with van der Waals surface area (Å²) in [5.41, 5.74) is -0.0687. The smallest absolute Gasteiger partial charge is 0.397 e. The van der Waals surface area contributed by atoms with Gasteiger partial charge < -0.3 is 9.64 Å². The van der Waals surface area contributed by atoms with Gasteiger partial charge in [-0.1, -0.05) is 13.3 Å². The van der Waals surface area contributed by atoms with Crippen LogP contribution in [-0.4, -0.2) is 53.9 Å². The Balaban J connectivity index is 2.32. The van der Waals surface area contributed by atoms with E-state index in [0.717, 1.165) is 19.3 Å². The molecule has 5 nitrogen and oxygen atoms in total. The Kier molecular flexibility index (Phi) is 7.38. The van der Waals surface area contributed by atoms with Crippen LogP contribution >= 0.6 is 0 Å². The van der Waals surface area contributed by atoms with Crippen molar-refractivity contribution in [2.24, 2.45) is 22.2 Å². The summed E-state index contributed by atoms with van der Waals surface area (Å²) in [6.07, 6.45) is -3.32. The van der Waals surface area contributed by atoms with Gasteiger partial charge in [0.1, 0.15) is 18.6 Å². The quantitative estimate of drug-likeness (QED) is 0.601. The minimum atomic E-state index is -4.59. The van der Waals surface area contributed by atoms with Crippen LogP contribution in [0.4, 0.5) is 13.2 Å².